The van der Waals surface area contributed by atoms with Crippen LogP contribution in [0.2, 0.25) is 0 Å². The third-order valence-electron chi connectivity index (χ3n) is 4.17. The zero-order valence-corrected chi connectivity index (χ0v) is 13.5. The Balaban J connectivity index is 2.32. The van der Waals surface area contributed by atoms with Gasteiger partial charge in [0.15, 0.2) is 0 Å². The molecule has 6 nitrogen and oxygen atoms in total. The minimum atomic E-state index is -0.906. The van der Waals surface area contributed by atoms with Crippen LogP contribution in [-0.4, -0.2) is 65.2 Å². The van der Waals surface area contributed by atoms with Gasteiger partial charge in [0, 0.05) is 12.6 Å². The van der Waals surface area contributed by atoms with E-state index < -0.39 is 12.0 Å². The summed E-state index contributed by atoms with van der Waals surface area (Å²) >= 11 is 0. The van der Waals surface area contributed by atoms with Crippen LogP contribution >= 0.6 is 0 Å². The van der Waals surface area contributed by atoms with E-state index in [4.69, 9.17) is 5.11 Å². The molecule has 1 aliphatic heterocycles. The van der Waals surface area contributed by atoms with E-state index in [-0.39, 0.29) is 12.1 Å². The molecule has 0 aromatic heterocycles. The summed E-state index contributed by atoms with van der Waals surface area (Å²) in [5.74, 6) is -0.906. The van der Waals surface area contributed by atoms with E-state index in [1.807, 2.05) is 6.92 Å². The number of carboxylic acid groups (broad SMARTS) is 1. The minimum Gasteiger partial charge on any atom is -0.480 e. The van der Waals surface area contributed by atoms with Gasteiger partial charge in [-0.3, -0.25) is 0 Å². The van der Waals surface area contributed by atoms with Crippen LogP contribution in [0.25, 0.3) is 0 Å². The summed E-state index contributed by atoms with van der Waals surface area (Å²) in [6, 6.07) is -0.828. The fraction of sp³-hybridized carbons (Fsp3) is 0.867. The van der Waals surface area contributed by atoms with Crippen molar-refractivity contribution in [1.29, 1.82) is 0 Å². The Kier molecular flexibility index (Phi) is 7.50. The van der Waals surface area contributed by atoms with Crippen molar-refractivity contribution in [2.45, 2.75) is 58.5 Å². The standard InChI is InChI=1S/C15H29N3O3/c1-4-17(5-2)10-6-8-12(3)16-15(21)18-11-7-9-13(18)14(19)20/h12-13H,4-11H2,1-3H3,(H,16,21)(H,19,20). The molecule has 1 saturated heterocycles. The normalized spacial score (nSPS) is 19.8. The molecule has 1 rings (SSSR count). The number of amides is 2. The van der Waals surface area contributed by atoms with Crippen molar-refractivity contribution >= 4 is 12.0 Å². The number of aliphatic carboxylic acids is 1. The highest BCUT2D eigenvalue weighted by atomic mass is 16.4. The quantitative estimate of drug-likeness (QED) is 0.716. The summed E-state index contributed by atoms with van der Waals surface area (Å²) in [7, 11) is 0. The molecule has 2 N–H and O–H groups in total. The molecule has 6 heteroatoms. The number of carbonyl (C=O) groups excluding carboxylic acids is 1. The predicted molar refractivity (Wildman–Crippen MR) is 82.4 cm³/mol. The van der Waals surface area contributed by atoms with Crippen LogP contribution in [0.4, 0.5) is 4.79 Å². The van der Waals surface area contributed by atoms with Crippen LogP contribution in [0.5, 0.6) is 0 Å². The molecule has 0 radical (unpaired) electrons. The van der Waals surface area contributed by atoms with Gasteiger partial charge in [0.2, 0.25) is 0 Å². The molecule has 2 amide bonds. The Hall–Kier alpha value is -1.30. The van der Waals surface area contributed by atoms with Gasteiger partial charge in [-0.15, -0.1) is 0 Å². The molecule has 0 spiro atoms. The average molecular weight is 299 g/mol. The zero-order chi connectivity index (χ0) is 15.8. The molecule has 1 heterocycles. The van der Waals surface area contributed by atoms with Crippen LogP contribution in [0.3, 0.4) is 0 Å². The Labute approximate surface area is 127 Å². The summed E-state index contributed by atoms with van der Waals surface area (Å²) in [6.07, 6.45) is 3.26. The number of carbonyl (C=O) groups is 2. The van der Waals surface area contributed by atoms with E-state index in [0.29, 0.717) is 13.0 Å². The van der Waals surface area contributed by atoms with Crippen molar-refractivity contribution < 1.29 is 14.7 Å². The van der Waals surface area contributed by atoms with E-state index in [2.05, 4.69) is 24.1 Å². The second kappa shape index (κ2) is 8.87. The number of rotatable bonds is 8. The van der Waals surface area contributed by atoms with E-state index in [1.54, 1.807) is 0 Å². The van der Waals surface area contributed by atoms with Gasteiger partial charge >= 0.3 is 12.0 Å². The molecule has 2 unspecified atom stereocenters. The molecule has 0 aromatic rings. The van der Waals surface area contributed by atoms with Gasteiger partial charge in [-0.2, -0.15) is 0 Å². The first-order valence-electron chi connectivity index (χ1n) is 8.01. The van der Waals surface area contributed by atoms with Crippen molar-refractivity contribution in [1.82, 2.24) is 15.1 Å². The number of hydrogen-bond acceptors (Lipinski definition) is 3. The highest BCUT2D eigenvalue weighted by Gasteiger charge is 2.34. The van der Waals surface area contributed by atoms with Gasteiger partial charge in [-0.25, -0.2) is 9.59 Å². The molecule has 122 valence electrons. The number of carboxylic acids is 1. The SMILES string of the molecule is CCN(CC)CCCC(C)NC(=O)N1CCCC1C(=O)O. The predicted octanol–water partition coefficient (Wildman–Crippen LogP) is 1.76. The molecule has 0 bridgehead atoms. The maximum absolute atomic E-state index is 12.1. The van der Waals surface area contributed by atoms with Gasteiger partial charge in [0.05, 0.1) is 0 Å². The molecule has 1 fully saturated rings. The fourth-order valence-corrected chi connectivity index (χ4v) is 2.79. The minimum absolute atomic E-state index is 0.0723. The third-order valence-corrected chi connectivity index (χ3v) is 4.17. The first-order valence-corrected chi connectivity index (χ1v) is 8.01. The van der Waals surface area contributed by atoms with Crippen molar-refractivity contribution in [3.63, 3.8) is 0 Å². The topological polar surface area (TPSA) is 72.9 Å². The lowest BCUT2D eigenvalue weighted by Gasteiger charge is -2.25. The Bertz CT molecular complexity index is 345. The van der Waals surface area contributed by atoms with Gasteiger partial charge in [0.25, 0.3) is 0 Å². The van der Waals surface area contributed by atoms with Gasteiger partial charge < -0.3 is 20.2 Å². The van der Waals surface area contributed by atoms with Crippen molar-refractivity contribution in [3.05, 3.63) is 0 Å². The summed E-state index contributed by atoms with van der Waals surface area (Å²) in [5, 5.41) is 12.0. The fourth-order valence-electron chi connectivity index (χ4n) is 2.79. The van der Waals surface area contributed by atoms with Crippen LogP contribution in [0.1, 0.15) is 46.5 Å². The van der Waals surface area contributed by atoms with Gasteiger partial charge in [-0.1, -0.05) is 13.8 Å². The van der Waals surface area contributed by atoms with Crippen LogP contribution in [0, 0.1) is 0 Å². The van der Waals surface area contributed by atoms with E-state index >= 15 is 0 Å². The van der Waals surface area contributed by atoms with Crippen molar-refractivity contribution in [3.8, 4) is 0 Å². The smallest absolute Gasteiger partial charge is 0.326 e. The Morgan fingerprint density at radius 2 is 2.05 bits per heavy atom. The summed E-state index contributed by atoms with van der Waals surface area (Å²) in [4.78, 5) is 27.0. The number of nitrogens with one attached hydrogen (secondary N) is 1. The molecule has 21 heavy (non-hydrogen) atoms. The number of likely N-dealkylation sites (tertiary alicyclic amines) is 1. The number of urea groups is 1. The average Bonchev–Trinajstić information content (AvgIpc) is 2.93. The first-order chi connectivity index (χ1) is 9.99. The third kappa shape index (κ3) is 5.53. The Morgan fingerprint density at radius 1 is 1.38 bits per heavy atom. The number of hydrogen-bond donors (Lipinski definition) is 2. The first kappa shape index (κ1) is 17.8. The molecule has 0 saturated carbocycles. The monoisotopic (exact) mass is 299 g/mol. The second-order valence-corrected chi connectivity index (χ2v) is 5.71. The van der Waals surface area contributed by atoms with Gasteiger partial charge in [-0.05, 0) is 52.2 Å². The zero-order valence-electron chi connectivity index (χ0n) is 13.5. The lowest BCUT2D eigenvalue weighted by atomic mass is 10.1. The van der Waals surface area contributed by atoms with E-state index in [0.717, 1.165) is 38.9 Å². The van der Waals surface area contributed by atoms with E-state index in [1.165, 1.54) is 4.90 Å². The lowest BCUT2D eigenvalue weighted by Crippen LogP contribution is -2.48. The molecule has 2 atom stereocenters. The molecule has 0 aromatic carbocycles. The van der Waals surface area contributed by atoms with E-state index in [9.17, 15) is 9.59 Å². The maximum atomic E-state index is 12.1. The highest BCUT2D eigenvalue weighted by Crippen LogP contribution is 2.17. The molecule has 1 aliphatic rings. The van der Waals surface area contributed by atoms with Crippen molar-refractivity contribution in [2.24, 2.45) is 0 Å². The largest absolute Gasteiger partial charge is 0.480 e. The summed E-state index contributed by atoms with van der Waals surface area (Å²) in [6.45, 7) is 9.94. The number of nitrogens with zero attached hydrogens (tertiary/aromatic N) is 2. The maximum Gasteiger partial charge on any atom is 0.326 e. The lowest BCUT2D eigenvalue weighted by molar-refractivity contribution is -0.141. The summed E-state index contributed by atoms with van der Waals surface area (Å²) in [5.41, 5.74) is 0. The molecular formula is C15H29N3O3. The molecular weight excluding hydrogens is 270 g/mol. The molecule has 0 aliphatic carbocycles. The van der Waals surface area contributed by atoms with Crippen molar-refractivity contribution in [2.75, 3.05) is 26.2 Å². The summed E-state index contributed by atoms with van der Waals surface area (Å²) < 4.78 is 0. The Morgan fingerprint density at radius 3 is 2.62 bits per heavy atom. The van der Waals surface area contributed by atoms with Gasteiger partial charge in [0.1, 0.15) is 6.04 Å². The van der Waals surface area contributed by atoms with Crippen LogP contribution in [0.15, 0.2) is 0 Å². The van der Waals surface area contributed by atoms with Crippen LogP contribution in [-0.2, 0) is 4.79 Å². The van der Waals surface area contributed by atoms with Crippen LogP contribution < -0.4 is 5.32 Å². The highest BCUT2D eigenvalue weighted by molar-refractivity contribution is 5.83. The second-order valence-electron chi connectivity index (χ2n) is 5.71.